The van der Waals surface area contributed by atoms with Crippen LogP contribution in [-0.4, -0.2) is 24.9 Å². The van der Waals surface area contributed by atoms with Gasteiger partial charge in [0, 0.05) is 5.56 Å². The van der Waals surface area contributed by atoms with E-state index in [0.717, 1.165) is 17.4 Å². The van der Waals surface area contributed by atoms with Crippen molar-refractivity contribution in [3.05, 3.63) is 58.4 Å². The molecule has 0 bridgehead atoms. The number of carbonyl (C=O) groups excluding carboxylic acids is 1. The first kappa shape index (κ1) is 15.2. The molecule has 0 radical (unpaired) electrons. The molecular weight excluding hydrogens is 321 g/mol. The monoisotopic (exact) mass is 331 g/mol. The van der Waals surface area contributed by atoms with Gasteiger partial charge in [0.15, 0.2) is 5.71 Å². The number of hydrogen-bond acceptors (Lipinski definition) is 4. The molecule has 23 heavy (non-hydrogen) atoms. The van der Waals surface area contributed by atoms with E-state index in [1.165, 1.54) is 12.3 Å². The van der Waals surface area contributed by atoms with Gasteiger partial charge in [-0.2, -0.15) is 5.10 Å². The SMILES string of the molecule is COc1ccc(/C=N\N=C2/C(=O)Nc3cc(Cl)c(F)cc32)cc1. The molecule has 7 heteroatoms. The molecule has 1 aliphatic rings. The van der Waals surface area contributed by atoms with Gasteiger partial charge in [0.1, 0.15) is 11.6 Å². The largest absolute Gasteiger partial charge is 0.497 e. The molecule has 3 rings (SSSR count). The highest BCUT2D eigenvalue weighted by Gasteiger charge is 2.27. The second kappa shape index (κ2) is 6.18. The molecular formula is C16H11ClFN3O2. The molecule has 0 saturated carbocycles. The topological polar surface area (TPSA) is 63.1 Å². The lowest BCUT2D eigenvalue weighted by Crippen LogP contribution is -2.13. The number of benzene rings is 2. The first-order valence-electron chi connectivity index (χ1n) is 6.64. The van der Waals surface area contributed by atoms with E-state index in [1.54, 1.807) is 31.4 Å². The van der Waals surface area contributed by atoms with Crippen LogP contribution in [-0.2, 0) is 4.79 Å². The van der Waals surface area contributed by atoms with Crippen molar-refractivity contribution >= 4 is 35.1 Å². The quantitative estimate of drug-likeness (QED) is 0.693. The summed E-state index contributed by atoms with van der Waals surface area (Å²) in [6.07, 6.45) is 1.49. The van der Waals surface area contributed by atoms with Gasteiger partial charge in [-0.1, -0.05) is 11.6 Å². The Labute approximate surface area is 136 Å². The highest BCUT2D eigenvalue weighted by Crippen LogP contribution is 2.29. The van der Waals surface area contributed by atoms with Crippen molar-refractivity contribution < 1.29 is 13.9 Å². The number of nitrogens with one attached hydrogen (secondary N) is 1. The molecule has 1 aliphatic heterocycles. The van der Waals surface area contributed by atoms with Crippen LogP contribution in [0.15, 0.2) is 46.6 Å². The summed E-state index contributed by atoms with van der Waals surface area (Å²) < 4.78 is 18.6. The maximum atomic E-state index is 13.6. The number of methoxy groups -OCH3 is 1. The minimum atomic E-state index is -0.617. The van der Waals surface area contributed by atoms with Crippen molar-refractivity contribution in [2.45, 2.75) is 0 Å². The zero-order valence-corrected chi connectivity index (χ0v) is 12.8. The first-order valence-corrected chi connectivity index (χ1v) is 7.02. The van der Waals surface area contributed by atoms with Crippen LogP contribution in [0.2, 0.25) is 5.02 Å². The van der Waals surface area contributed by atoms with Gasteiger partial charge in [-0.25, -0.2) is 4.39 Å². The van der Waals surface area contributed by atoms with Gasteiger partial charge < -0.3 is 10.1 Å². The number of rotatable bonds is 3. The Kier molecular flexibility index (Phi) is 4.08. The van der Waals surface area contributed by atoms with Crippen LogP contribution < -0.4 is 10.1 Å². The number of amides is 1. The zero-order valence-electron chi connectivity index (χ0n) is 12.0. The summed E-state index contributed by atoms with van der Waals surface area (Å²) >= 11 is 5.69. The van der Waals surface area contributed by atoms with Crippen LogP contribution in [0.5, 0.6) is 5.75 Å². The summed E-state index contributed by atoms with van der Waals surface area (Å²) in [6.45, 7) is 0. The number of hydrogen-bond donors (Lipinski definition) is 1. The van der Waals surface area contributed by atoms with Crippen molar-refractivity contribution in [1.29, 1.82) is 0 Å². The van der Waals surface area contributed by atoms with Crippen molar-refractivity contribution in [2.75, 3.05) is 12.4 Å². The van der Waals surface area contributed by atoms with Crippen molar-refractivity contribution in [1.82, 2.24) is 0 Å². The van der Waals surface area contributed by atoms with E-state index >= 15 is 0 Å². The number of ether oxygens (including phenoxy) is 1. The highest BCUT2D eigenvalue weighted by atomic mass is 35.5. The van der Waals surface area contributed by atoms with E-state index in [-0.39, 0.29) is 10.7 Å². The van der Waals surface area contributed by atoms with Crippen LogP contribution in [0, 0.1) is 5.82 Å². The Morgan fingerprint density at radius 3 is 2.70 bits per heavy atom. The van der Waals surface area contributed by atoms with Gasteiger partial charge in [-0.15, -0.1) is 5.10 Å². The predicted octanol–water partition coefficient (Wildman–Crippen LogP) is 3.26. The number of nitrogens with zero attached hydrogens (tertiary/aromatic N) is 2. The summed E-state index contributed by atoms with van der Waals surface area (Å²) in [5, 5.41) is 10.3. The third-order valence-electron chi connectivity index (χ3n) is 3.26. The molecule has 0 fully saturated rings. The Balaban J connectivity index is 1.87. The molecule has 5 nitrogen and oxygen atoms in total. The Hall–Kier alpha value is -2.73. The van der Waals surface area contributed by atoms with Crippen LogP contribution in [0.25, 0.3) is 0 Å². The molecule has 0 aliphatic carbocycles. The van der Waals surface area contributed by atoms with E-state index in [9.17, 15) is 9.18 Å². The Morgan fingerprint density at radius 2 is 2.00 bits per heavy atom. The molecule has 0 spiro atoms. The van der Waals surface area contributed by atoms with Crippen molar-refractivity contribution in [3.8, 4) is 5.75 Å². The summed E-state index contributed by atoms with van der Waals surface area (Å²) in [4.78, 5) is 11.9. The van der Waals surface area contributed by atoms with Crippen LogP contribution >= 0.6 is 11.6 Å². The Morgan fingerprint density at radius 1 is 1.26 bits per heavy atom. The standard InChI is InChI=1S/C16H11ClFN3O2/c1-23-10-4-2-9(3-5-10)8-19-21-15-11-6-13(18)12(17)7-14(11)20-16(15)22/h2-8H,1H3,(H,20,21,22)/b19-8-. The number of halogens is 2. The molecule has 1 heterocycles. The fraction of sp³-hybridized carbons (Fsp3) is 0.0625. The molecule has 0 unspecified atom stereocenters. The molecule has 1 N–H and O–H groups in total. The molecule has 0 aromatic heterocycles. The summed E-state index contributed by atoms with van der Waals surface area (Å²) in [5.74, 6) is -0.341. The van der Waals surface area contributed by atoms with Gasteiger partial charge in [0.25, 0.3) is 5.91 Å². The smallest absolute Gasteiger partial charge is 0.276 e. The van der Waals surface area contributed by atoms with Gasteiger partial charge in [-0.3, -0.25) is 4.79 Å². The maximum absolute atomic E-state index is 13.6. The first-order chi connectivity index (χ1) is 11.1. The minimum Gasteiger partial charge on any atom is -0.497 e. The van der Waals surface area contributed by atoms with Gasteiger partial charge >= 0.3 is 0 Å². The third-order valence-corrected chi connectivity index (χ3v) is 3.55. The molecule has 116 valence electrons. The van der Waals surface area contributed by atoms with E-state index in [2.05, 4.69) is 15.5 Å². The van der Waals surface area contributed by atoms with E-state index in [1.807, 2.05) is 0 Å². The lowest BCUT2D eigenvalue weighted by molar-refractivity contribution is -0.110. The van der Waals surface area contributed by atoms with Crippen molar-refractivity contribution in [3.63, 3.8) is 0 Å². The molecule has 0 atom stereocenters. The van der Waals surface area contributed by atoms with Crippen LogP contribution in [0.1, 0.15) is 11.1 Å². The second-order valence-electron chi connectivity index (χ2n) is 4.73. The summed E-state index contributed by atoms with van der Waals surface area (Å²) in [7, 11) is 1.58. The normalized spacial score (nSPS) is 15.1. The molecule has 1 amide bonds. The average Bonchev–Trinajstić information content (AvgIpc) is 2.84. The van der Waals surface area contributed by atoms with E-state index in [0.29, 0.717) is 11.3 Å². The average molecular weight is 332 g/mol. The molecule has 2 aromatic rings. The number of carbonyl (C=O) groups is 1. The number of fused-ring (bicyclic) bond motifs is 1. The molecule has 2 aromatic carbocycles. The zero-order chi connectivity index (χ0) is 16.4. The van der Waals surface area contributed by atoms with Crippen LogP contribution in [0.4, 0.5) is 10.1 Å². The third kappa shape index (κ3) is 3.07. The second-order valence-corrected chi connectivity index (χ2v) is 5.14. The highest BCUT2D eigenvalue weighted by molar-refractivity contribution is 6.54. The maximum Gasteiger partial charge on any atom is 0.276 e. The lowest BCUT2D eigenvalue weighted by atomic mass is 10.1. The minimum absolute atomic E-state index is 0.0420. The predicted molar refractivity (Wildman–Crippen MR) is 87.2 cm³/mol. The fourth-order valence-electron chi connectivity index (χ4n) is 2.09. The summed E-state index contributed by atoms with van der Waals surface area (Å²) in [5.41, 5.74) is 1.58. The molecule has 0 saturated heterocycles. The van der Waals surface area contributed by atoms with Crippen molar-refractivity contribution in [2.24, 2.45) is 10.2 Å². The summed E-state index contributed by atoms with van der Waals surface area (Å²) in [6, 6.07) is 9.67. The van der Waals surface area contributed by atoms with Gasteiger partial charge in [0.2, 0.25) is 0 Å². The Bertz CT molecular complexity index is 832. The van der Waals surface area contributed by atoms with E-state index < -0.39 is 11.7 Å². The van der Waals surface area contributed by atoms with Gasteiger partial charge in [0.05, 0.1) is 24.0 Å². The lowest BCUT2D eigenvalue weighted by Gasteiger charge is -1.99. The number of anilines is 1. The van der Waals surface area contributed by atoms with Crippen LogP contribution in [0.3, 0.4) is 0 Å². The van der Waals surface area contributed by atoms with E-state index in [4.69, 9.17) is 16.3 Å². The fourth-order valence-corrected chi connectivity index (χ4v) is 2.26. The van der Waals surface area contributed by atoms with Gasteiger partial charge in [-0.05, 0) is 42.0 Å².